The van der Waals surface area contributed by atoms with Crippen molar-refractivity contribution in [3.63, 3.8) is 0 Å². The average Bonchev–Trinajstić information content (AvgIpc) is 2.38. The zero-order chi connectivity index (χ0) is 14.4. The van der Waals surface area contributed by atoms with Gasteiger partial charge in [0.1, 0.15) is 17.5 Å². The van der Waals surface area contributed by atoms with Crippen molar-refractivity contribution in [3.8, 4) is 0 Å². The molecule has 5 heteroatoms. The summed E-state index contributed by atoms with van der Waals surface area (Å²) in [4.78, 5) is 13.6. The van der Waals surface area contributed by atoms with E-state index in [2.05, 4.69) is 55.1 Å². The van der Waals surface area contributed by atoms with Crippen LogP contribution >= 0.6 is 0 Å². The Hall–Kier alpha value is -1.36. The second-order valence-corrected chi connectivity index (χ2v) is 5.16. The summed E-state index contributed by atoms with van der Waals surface area (Å²) in [5, 5.41) is 3.17. The van der Waals surface area contributed by atoms with E-state index < -0.39 is 0 Å². The van der Waals surface area contributed by atoms with Crippen LogP contribution in [0.4, 0.5) is 11.6 Å². The molecule has 1 heterocycles. The van der Waals surface area contributed by atoms with E-state index in [4.69, 9.17) is 4.98 Å². The van der Waals surface area contributed by atoms with Crippen LogP contribution in [0.25, 0.3) is 0 Å². The van der Waals surface area contributed by atoms with E-state index in [0.717, 1.165) is 49.0 Å². The van der Waals surface area contributed by atoms with Gasteiger partial charge in [-0.2, -0.15) is 0 Å². The molecule has 0 radical (unpaired) electrons. The molecule has 1 aromatic heterocycles. The fraction of sp³-hybridized carbons (Fsp3) is 0.714. The third-order valence-electron chi connectivity index (χ3n) is 3.12. The van der Waals surface area contributed by atoms with E-state index in [1.54, 1.807) is 0 Å². The number of aromatic nitrogens is 2. The van der Waals surface area contributed by atoms with Gasteiger partial charge in [0.2, 0.25) is 0 Å². The molecule has 1 rings (SSSR count). The highest BCUT2D eigenvalue weighted by Gasteiger charge is 2.13. The van der Waals surface area contributed by atoms with Crippen LogP contribution in [0.15, 0.2) is 0 Å². The highest BCUT2D eigenvalue weighted by Crippen LogP contribution is 2.22. The molecule has 0 atom stereocenters. The first-order valence-electron chi connectivity index (χ1n) is 6.90. The van der Waals surface area contributed by atoms with Gasteiger partial charge in [-0.25, -0.2) is 9.97 Å². The summed E-state index contributed by atoms with van der Waals surface area (Å²) in [7, 11) is 8.17. The fourth-order valence-corrected chi connectivity index (χ4v) is 1.96. The van der Waals surface area contributed by atoms with Crippen LogP contribution in [0.5, 0.6) is 0 Å². The van der Waals surface area contributed by atoms with Gasteiger partial charge in [0, 0.05) is 39.2 Å². The van der Waals surface area contributed by atoms with Crippen LogP contribution in [-0.4, -0.2) is 56.1 Å². The topological polar surface area (TPSA) is 44.3 Å². The maximum Gasteiger partial charge on any atom is 0.137 e. The monoisotopic (exact) mass is 265 g/mol. The van der Waals surface area contributed by atoms with E-state index in [0.29, 0.717) is 0 Å². The lowest BCUT2D eigenvalue weighted by atomic mass is 10.2. The van der Waals surface area contributed by atoms with Gasteiger partial charge < -0.3 is 15.1 Å². The van der Waals surface area contributed by atoms with E-state index in [-0.39, 0.29) is 0 Å². The summed E-state index contributed by atoms with van der Waals surface area (Å²) in [6.07, 6.45) is 1.98. The average molecular weight is 265 g/mol. The molecule has 0 saturated carbocycles. The fourth-order valence-electron chi connectivity index (χ4n) is 1.96. The molecule has 0 bridgehead atoms. The molecule has 5 nitrogen and oxygen atoms in total. The minimum atomic E-state index is 0.920. The van der Waals surface area contributed by atoms with E-state index in [1.807, 2.05) is 7.05 Å². The molecule has 0 aliphatic rings. The van der Waals surface area contributed by atoms with E-state index in [1.165, 1.54) is 0 Å². The Balaban J connectivity index is 2.99. The Labute approximate surface area is 117 Å². The van der Waals surface area contributed by atoms with Crippen LogP contribution in [0, 0.1) is 6.92 Å². The van der Waals surface area contributed by atoms with Crippen molar-refractivity contribution in [1.82, 2.24) is 14.9 Å². The lowest BCUT2D eigenvalue weighted by Crippen LogP contribution is -2.30. The molecule has 1 N–H and O–H groups in total. The molecule has 0 fully saturated rings. The third-order valence-corrected chi connectivity index (χ3v) is 3.12. The molecule has 0 unspecified atom stereocenters. The summed E-state index contributed by atoms with van der Waals surface area (Å²) in [5.74, 6) is 2.89. The number of hydrogen-bond acceptors (Lipinski definition) is 5. The van der Waals surface area contributed by atoms with Crippen molar-refractivity contribution in [2.75, 3.05) is 51.5 Å². The first-order valence-corrected chi connectivity index (χ1v) is 6.90. The SMILES string of the molecule is CCCc1nc(NC)c(C)c(N(C)CCN(C)C)n1. The minimum absolute atomic E-state index is 0.920. The van der Waals surface area contributed by atoms with Crippen LogP contribution in [0.3, 0.4) is 0 Å². The molecule has 0 aliphatic carbocycles. The van der Waals surface area contributed by atoms with Crippen molar-refractivity contribution in [1.29, 1.82) is 0 Å². The highest BCUT2D eigenvalue weighted by atomic mass is 15.2. The van der Waals surface area contributed by atoms with Crippen molar-refractivity contribution in [2.24, 2.45) is 0 Å². The second-order valence-electron chi connectivity index (χ2n) is 5.16. The third kappa shape index (κ3) is 4.35. The number of anilines is 2. The van der Waals surface area contributed by atoms with Gasteiger partial charge in [-0.15, -0.1) is 0 Å². The second kappa shape index (κ2) is 7.28. The van der Waals surface area contributed by atoms with Crippen molar-refractivity contribution in [3.05, 3.63) is 11.4 Å². The summed E-state index contributed by atoms with van der Waals surface area (Å²) in [6, 6.07) is 0. The maximum atomic E-state index is 4.70. The minimum Gasteiger partial charge on any atom is -0.373 e. The molecular weight excluding hydrogens is 238 g/mol. The van der Waals surface area contributed by atoms with Gasteiger partial charge in [0.25, 0.3) is 0 Å². The van der Waals surface area contributed by atoms with Gasteiger partial charge in [-0.1, -0.05) is 6.92 Å². The number of nitrogens with zero attached hydrogens (tertiary/aromatic N) is 4. The smallest absolute Gasteiger partial charge is 0.137 e. The highest BCUT2D eigenvalue weighted by molar-refractivity contribution is 5.58. The van der Waals surface area contributed by atoms with Crippen molar-refractivity contribution >= 4 is 11.6 Å². The number of rotatable bonds is 7. The van der Waals surface area contributed by atoms with Gasteiger partial charge >= 0.3 is 0 Å². The predicted molar refractivity (Wildman–Crippen MR) is 82.1 cm³/mol. The van der Waals surface area contributed by atoms with E-state index >= 15 is 0 Å². The normalized spacial score (nSPS) is 10.9. The zero-order valence-corrected chi connectivity index (χ0v) is 13.1. The lowest BCUT2D eigenvalue weighted by molar-refractivity contribution is 0.416. The molecule has 0 amide bonds. The van der Waals surface area contributed by atoms with E-state index in [9.17, 15) is 0 Å². The predicted octanol–water partition coefficient (Wildman–Crippen LogP) is 1.78. The Morgan fingerprint density at radius 2 is 1.79 bits per heavy atom. The number of likely N-dealkylation sites (N-methyl/N-ethyl adjacent to an activating group) is 2. The number of hydrogen-bond donors (Lipinski definition) is 1. The quantitative estimate of drug-likeness (QED) is 0.814. The summed E-state index contributed by atoms with van der Waals surface area (Å²) < 4.78 is 0. The summed E-state index contributed by atoms with van der Waals surface area (Å²) in [6.45, 7) is 6.19. The largest absolute Gasteiger partial charge is 0.373 e. The number of aryl methyl sites for hydroxylation is 1. The zero-order valence-electron chi connectivity index (χ0n) is 13.1. The van der Waals surface area contributed by atoms with Crippen LogP contribution in [0.1, 0.15) is 24.7 Å². The van der Waals surface area contributed by atoms with Crippen LogP contribution < -0.4 is 10.2 Å². The molecule has 1 aromatic rings. The first kappa shape index (κ1) is 15.7. The lowest BCUT2D eigenvalue weighted by Gasteiger charge is -2.23. The Morgan fingerprint density at radius 1 is 1.11 bits per heavy atom. The molecular formula is C14H27N5. The molecule has 0 saturated heterocycles. The first-order chi connectivity index (χ1) is 8.99. The van der Waals surface area contributed by atoms with Gasteiger partial charge in [-0.05, 0) is 27.4 Å². The molecule has 0 spiro atoms. The summed E-state index contributed by atoms with van der Waals surface area (Å²) >= 11 is 0. The van der Waals surface area contributed by atoms with Gasteiger partial charge in [0.15, 0.2) is 0 Å². The van der Waals surface area contributed by atoms with Crippen molar-refractivity contribution < 1.29 is 0 Å². The molecule has 19 heavy (non-hydrogen) atoms. The van der Waals surface area contributed by atoms with Crippen LogP contribution in [0.2, 0.25) is 0 Å². The molecule has 0 aliphatic heterocycles. The Bertz CT molecular complexity index is 403. The molecule has 108 valence electrons. The number of nitrogens with one attached hydrogen (secondary N) is 1. The Morgan fingerprint density at radius 3 is 2.32 bits per heavy atom. The summed E-state index contributed by atoms with van der Waals surface area (Å²) in [5.41, 5.74) is 1.11. The van der Waals surface area contributed by atoms with Crippen LogP contribution in [-0.2, 0) is 6.42 Å². The Kier molecular flexibility index (Phi) is 6.02. The van der Waals surface area contributed by atoms with Gasteiger partial charge in [-0.3, -0.25) is 0 Å². The standard InChI is InChI=1S/C14H27N5/c1-7-8-12-16-13(15-3)11(2)14(17-12)19(6)10-9-18(4)5/h7-10H2,1-6H3,(H,15,16,17). The molecule has 0 aromatic carbocycles. The maximum absolute atomic E-state index is 4.70. The van der Waals surface area contributed by atoms with Gasteiger partial charge in [0.05, 0.1) is 0 Å². The van der Waals surface area contributed by atoms with Crippen molar-refractivity contribution in [2.45, 2.75) is 26.7 Å².